The number of benzene rings is 3. The maximum atomic E-state index is 12.1. The van der Waals surface area contributed by atoms with Crippen LogP contribution in [0.15, 0.2) is 85.7 Å². The Kier molecular flexibility index (Phi) is 6.70. The highest BCUT2D eigenvalue weighted by atomic mass is 79.9. The van der Waals surface area contributed by atoms with Crippen LogP contribution in [0.3, 0.4) is 0 Å². The highest BCUT2D eigenvalue weighted by molar-refractivity contribution is 9.10. The van der Waals surface area contributed by atoms with E-state index >= 15 is 0 Å². The van der Waals surface area contributed by atoms with E-state index in [0.29, 0.717) is 27.9 Å². The lowest BCUT2D eigenvalue weighted by Gasteiger charge is -2.10. The Labute approximate surface area is 200 Å². The molecule has 1 heterocycles. The first kappa shape index (κ1) is 21.5. The highest BCUT2D eigenvalue weighted by Crippen LogP contribution is 2.30. The molecule has 0 fully saturated rings. The standard InChI is InChI=1S/C22H15Br2ClN4O2/c23-13-4-3-5-15(10-13)27-22(30)31-29-20-12-26-21(16-6-1-2-7-18(16)25)17-11-14(24)8-9-19(17)28-20/h1-11H,12H2,(H,27,30)(H,28,29). The van der Waals surface area contributed by atoms with Crippen LogP contribution in [0.5, 0.6) is 0 Å². The molecule has 1 aliphatic heterocycles. The molecule has 3 aromatic rings. The lowest BCUT2D eigenvalue weighted by atomic mass is 10.0. The molecule has 2 N–H and O–H groups in total. The van der Waals surface area contributed by atoms with Crippen molar-refractivity contribution in [3.8, 4) is 0 Å². The number of fused-ring (bicyclic) bond motifs is 1. The Balaban J connectivity index is 1.56. The van der Waals surface area contributed by atoms with E-state index in [1.54, 1.807) is 12.1 Å². The van der Waals surface area contributed by atoms with Crippen LogP contribution >= 0.6 is 43.5 Å². The average Bonchev–Trinajstić information content (AvgIpc) is 2.92. The second kappa shape index (κ2) is 9.64. The first-order valence-corrected chi connectivity index (χ1v) is 11.1. The number of nitrogens with zero attached hydrogens (tertiary/aromatic N) is 2. The van der Waals surface area contributed by atoms with Gasteiger partial charge in [0.15, 0.2) is 5.84 Å². The number of carbonyl (C=O) groups is 1. The minimum absolute atomic E-state index is 0.178. The summed E-state index contributed by atoms with van der Waals surface area (Å²) in [5.74, 6) is 0.384. The number of amidine groups is 1. The smallest absolute Gasteiger partial charge is 0.323 e. The molecule has 31 heavy (non-hydrogen) atoms. The van der Waals surface area contributed by atoms with Gasteiger partial charge in [-0.05, 0) is 42.5 Å². The molecular formula is C22H15Br2ClN4O2. The Morgan fingerprint density at radius 3 is 2.58 bits per heavy atom. The monoisotopic (exact) mass is 560 g/mol. The van der Waals surface area contributed by atoms with E-state index in [-0.39, 0.29) is 6.54 Å². The molecule has 0 atom stereocenters. The van der Waals surface area contributed by atoms with E-state index in [9.17, 15) is 4.79 Å². The van der Waals surface area contributed by atoms with Crippen molar-refractivity contribution in [1.82, 2.24) is 5.48 Å². The number of rotatable bonds is 2. The molecule has 156 valence electrons. The van der Waals surface area contributed by atoms with E-state index < -0.39 is 6.09 Å². The summed E-state index contributed by atoms with van der Waals surface area (Å²) in [7, 11) is 0. The van der Waals surface area contributed by atoms with Crippen molar-refractivity contribution >= 4 is 72.5 Å². The molecule has 0 aromatic heterocycles. The zero-order valence-electron chi connectivity index (χ0n) is 15.9. The quantitative estimate of drug-likeness (QED) is 0.350. The van der Waals surface area contributed by atoms with Crippen molar-refractivity contribution in [3.63, 3.8) is 0 Å². The number of amides is 1. The van der Waals surface area contributed by atoms with Crippen LogP contribution in [-0.2, 0) is 4.84 Å². The number of aliphatic imine (C=N–C) groups is 2. The summed E-state index contributed by atoms with van der Waals surface area (Å²) >= 11 is 13.3. The Bertz CT molecular complexity index is 1210. The van der Waals surface area contributed by atoms with Gasteiger partial charge in [0.25, 0.3) is 0 Å². The number of halogens is 3. The van der Waals surface area contributed by atoms with Gasteiger partial charge in [0.1, 0.15) is 6.54 Å². The Morgan fingerprint density at radius 2 is 1.77 bits per heavy atom. The second-order valence-corrected chi connectivity index (χ2v) is 8.73. The van der Waals surface area contributed by atoms with Gasteiger partial charge in [-0.3, -0.25) is 10.3 Å². The van der Waals surface area contributed by atoms with Crippen LogP contribution in [0.1, 0.15) is 11.1 Å². The molecule has 0 radical (unpaired) electrons. The molecule has 4 rings (SSSR count). The van der Waals surface area contributed by atoms with Crippen LogP contribution in [0, 0.1) is 0 Å². The molecule has 0 bridgehead atoms. The van der Waals surface area contributed by atoms with E-state index in [0.717, 1.165) is 20.1 Å². The zero-order chi connectivity index (χ0) is 21.8. The fraction of sp³-hybridized carbons (Fsp3) is 0.0455. The van der Waals surface area contributed by atoms with Crippen molar-refractivity contribution < 1.29 is 9.63 Å². The summed E-state index contributed by atoms with van der Waals surface area (Å²) in [6.45, 7) is 0.178. The van der Waals surface area contributed by atoms with Crippen LogP contribution in [-0.4, -0.2) is 24.2 Å². The lowest BCUT2D eigenvalue weighted by molar-refractivity contribution is 0.134. The van der Waals surface area contributed by atoms with Gasteiger partial charge >= 0.3 is 6.09 Å². The van der Waals surface area contributed by atoms with Crippen molar-refractivity contribution in [2.45, 2.75) is 0 Å². The molecule has 1 aliphatic rings. The SMILES string of the molecule is O=C(Nc1cccc(Br)c1)ONC1=Nc2ccc(Br)cc2C(c2ccccc2Cl)=NC1. The van der Waals surface area contributed by atoms with Gasteiger partial charge in [-0.1, -0.05) is 67.7 Å². The summed E-state index contributed by atoms with van der Waals surface area (Å²) in [6.07, 6.45) is -0.670. The molecule has 0 aliphatic carbocycles. The number of hydrogen-bond donors (Lipinski definition) is 2. The minimum atomic E-state index is -0.670. The van der Waals surface area contributed by atoms with E-state index in [2.05, 4.69) is 47.6 Å². The number of hydrogen-bond acceptors (Lipinski definition) is 5. The van der Waals surface area contributed by atoms with Crippen LogP contribution in [0.25, 0.3) is 0 Å². The van der Waals surface area contributed by atoms with Gasteiger partial charge in [-0.15, -0.1) is 0 Å². The van der Waals surface area contributed by atoms with Gasteiger partial charge in [-0.2, -0.15) is 0 Å². The highest BCUT2D eigenvalue weighted by Gasteiger charge is 2.19. The fourth-order valence-corrected chi connectivity index (χ4v) is 3.95. The molecule has 0 saturated carbocycles. The second-order valence-electron chi connectivity index (χ2n) is 6.49. The Morgan fingerprint density at radius 1 is 0.968 bits per heavy atom. The summed E-state index contributed by atoms with van der Waals surface area (Å²) < 4.78 is 1.73. The third-order valence-electron chi connectivity index (χ3n) is 4.32. The number of carbonyl (C=O) groups excluding carboxylic acids is 1. The van der Waals surface area contributed by atoms with Crippen LogP contribution < -0.4 is 10.8 Å². The van der Waals surface area contributed by atoms with E-state index in [1.807, 2.05) is 54.6 Å². The molecule has 9 heteroatoms. The fourth-order valence-electron chi connectivity index (χ4n) is 2.97. The third-order valence-corrected chi connectivity index (χ3v) is 5.63. The first-order valence-electron chi connectivity index (χ1n) is 9.16. The summed E-state index contributed by atoms with van der Waals surface area (Å²) in [5.41, 5.74) is 6.21. The first-order chi connectivity index (χ1) is 15.0. The summed E-state index contributed by atoms with van der Waals surface area (Å²) in [6, 6.07) is 20.4. The number of nitrogens with one attached hydrogen (secondary N) is 2. The van der Waals surface area contributed by atoms with Crippen molar-refractivity contribution in [2.75, 3.05) is 11.9 Å². The van der Waals surface area contributed by atoms with Gasteiger partial charge in [-0.25, -0.2) is 15.3 Å². The average molecular weight is 563 g/mol. The van der Waals surface area contributed by atoms with E-state index in [1.165, 1.54) is 0 Å². The summed E-state index contributed by atoms with van der Waals surface area (Å²) in [4.78, 5) is 26.6. The normalized spacial score (nSPS) is 12.7. The zero-order valence-corrected chi connectivity index (χ0v) is 19.8. The Hall–Kier alpha value is -2.68. The van der Waals surface area contributed by atoms with Gasteiger partial charge in [0.2, 0.25) is 0 Å². The van der Waals surface area contributed by atoms with Gasteiger partial charge in [0, 0.05) is 30.8 Å². The molecule has 6 nitrogen and oxygen atoms in total. The summed E-state index contributed by atoms with van der Waals surface area (Å²) in [5, 5.41) is 3.23. The molecule has 1 amide bonds. The van der Waals surface area contributed by atoms with Crippen molar-refractivity contribution in [1.29, 1.82) is 0 Å². The number of hydroxylamine groups is 1. The van der Waals surface area contributed by atoms with Crippen molar-refractivity contribution in [3.05, 3.63) is 91.8 Å². The van der Waals surface area contributed by atoms with E-state index in [4.69, 9.17) is 21.4 Å². The van der Waals surface area contributed by atoms with Gasteiger partial charge in [0.05, 0.1) is 11.4 Å². The van der Waals surface area contributed by atoms with Crippen LogP contribution in [0.4, 0.5) is 16.2 Å². The predicted molar refractivity (Wildman–Crippen MR) is 131 cm³/mol. The molecular weight excluding hydrogens is 548 g/mol. The largest absolute Gasteiger partial charge is 0.435 e. The molecule has 0 saturated heterocycles. The van der Waals surface area contributed by atoms with Crippen LogP contribution in [0.2, 0.25) is 5.02 Å². The van der Waals surface area contributed by atoms with Gasteiger partial charge < -0.3 is 4.84 Å². The predicted octanol–water partition coefficient (Wildman–Crippen LogP) is 6.50. The third kappa shape index (κ3) is 5.33. The molecule has 0 unspecified atom stereocenters. The molecule has 3 aromatic carbocycles. The topological polar surface area (TPSA) is 75.1 Å². The lowest BCUT2D eigenvalue weighted by Crippen LogP contribution is -2.31. The minimum Gasteiger partial charge on any atom is -0.323 e. The van der Waals surface area contributed by atoms with Crippen molar-refractivity contribution in [2.24, 2.45) is 9.98 Å². The maximum absolute atomic E-state index is 12.1. The maximum Gasteiger partial charge on any atom is 0.435 e. The molecule has 0 spiro atoms. The number of anilines is 1.